The largest absolute Gasteiger partial charge is 0.382 e. The van der Waals surface area contributed by atoms with E-state index in [0.717, 1.165) is 0 Å². The maximum absolute atomic E-state index is 14.4. The number of methoxy groups -OCH3 is 1. The van der Waals surface area contributed by atoms with Gasteiger partial charge in [0.2, 0.25) is 0 Å². The number of fused-ring (bicyclic) bond motifs is 1. The van der Waals surface area contributed by atoms with Crippen LogP contribution in [-0.4, -0.2) is 59.9 Å². The molecule has 0 saturated heterocycles. The Bertz CT molecular complexity index is 1140. The van der Waals surface area contributed by atoms with Gasteiger partial charge in [-0.05, 0) is 18.2 Å². The highest BCUT2D eigenvalue weighted by atomic mass is 19.1. The number of H-pyrrole nitrogens is 1. The molecule has 11 heteroatoms. The summed E-state index contributed by atoms with van der Waals surface area (Å²) in [7, 11) is 1.53. The van der Waals surface area contributed by atoms with Crippen molar-refractivity contribution in [3.05, 3.63) is 71.8 Å². The lowest BCUT2D eigenvalue weighted by atomic mass is 9.99. The number of rotatable bonds is 8. The van der Waals surface area contributed by atoms with E-state index in [1.165, 1.54) is 25.3 Å². The molecule has 9 nitrogen and oxygen atoms in total. The van der Waals surface area contributed by atoms with Crippen LogP contribution in [0.1, 0.15) is 5.56 Å². The Balaban J connectivity index is 1.52. The molecular weight excluding hydrogens is 434 g/mol. The zero-order valence-electron chi connectivity index (χ0n) is 17.7. The quantitative estimate of drug-likeness (QED) is 0.275. The predicted molar refractivity (Wildman–Crippen MR) is 116 cm³/mol. The lowest BCUT2D eigenvalue weighted by Crippen LogP contribution is -2.40. The van der Waals surface area contributed by atoms with Gasteiger partial charge in [-0.3, -0.25) is 15.3 Å². The van der Waals surface area contributed by atoms with Crippen LogP contribution in [0, 0.1) is 17.0 Å². The molecular formula is C22H22F2N6O3. The van der Waals surface area contributed by atoms with E-state index in [0.29, 0.717) is 23.4 Å². The van der Waals surface area contributed by atoms with Gasteiger partial charge in [-0.15, -0.1) is 0 Å². The number of ether oxygens (including phenoxy) is 2. The minimum absolute atomic E-state index is 0.121. The zero-order chi connectivity index (χ0) is 23.4. The van der Waals surface area contributed by atoms with Crippen molar-refractivity contribution in [1.82, 2.24) is 25.7 Å². The number of amides is 1. The summed E-state index contributed by atoms with van der Waals surface area (Å²) in [5, 5.41) is 20.6. The Kier molecular flexibility index (Phi) is 6.61. The van der Waals surface area contributed by atoms with E-state index < -0.39 is 17.5 Å². The molecule has 0 radical (unpaired) electrons. The van der Waals surface area contributed by atoms with Gasteiger partial charge in [-0.2, -0.15) is 5.10 Å². The van der Waals surface area contributed by atoms with Crippen molar-refractivity contribution in [2.75, 3.05) is 26.9 Å². The Labute approximate surface area is 188 Å². The minimum Gasteiger partial charge on any atom is -0.382 e. The molecule has 3 heterocycles. The summed E-state index contributed by atoms with van der Waals surface area (Å²) in [6.45, 7) is 0.424. The Morgan fingerprint density at radius 3 is 2.85 bits per heavy atom. The molecule has 1 aromatic carbocycles. The van der Waals surface area contributed by atoms with Crippen LogP contribution < -0.4 is 10.6 Å². The molecule has 1 atom stereocenters. The summed E-state index contributed by atoms with van der Waals surface area (Å²) >= 11 is 0. The van der Waals surface area contributed by atoms with Crippen molar-refractivity contribution in [1.29, 1.82) is 5.41 Å². The maximum atomic E-state index is 14.4. The number of benzene rings is 1. The zero-order valence-corrected chi connectivity index (χ0v) is 17.7. The molecule has 2 aliphatic heterocycles. The topological polar surface area (TPSA) is 115 Å². The van der Waals surface area contributed by atoms with Crippen LogP contribution in [0.2, 0.25) is 0 Å². The third kappa shape index (κ3) is 4.69. The van der Waals surface area contributed by atoms with Crippen molar-refractivity contribution in [3.8, 4) is 11.3 Å². The van der Waals surface area contributed by atoms with Gasteiger partial charge in [-0.1, -0.05) is 12.1 Å². The number of nitrogens with zero attached hydrogens (tertiary/aromatic N) is 2. The fourth-order valence-corrected chi connectivity index (χ4v) is 3.49. The monoisotopic (exact) mass is 456 g/mol. The second-order valence-corrected chi connectivity index (χ2v) is 7.20. The third-order valence-electron chi connectivity index (χ3n) is 5.04. The van der Waals surface area contributed by atoms with Crippen LogP contribution >= 0.6 is 0 Å². The molecule has 0 aliphatic carbocycles. The van der Waals surface area contributed by atoms with E-state index in [-0.39, 0.29) is 36.5 Å². The summed E-state index contributed by atoms with van der Waals surface area (Å²) in [5.74, 6) is -2.03. The van der Waals surface area contributed by atoms with Crippen LogP contribution in [0.15, 0.2) is 54.6 Å². The number of halogens is 2. The molecule has 4 rings (SSSR count). The molecule has 1 amide bonds. The van der Waals surface area contributed by atoms with Gasteiger partial charge >= 0.3 is 0 Å². The molecule has 0 fully saturated rings. The number of aromatic amines is 1. The van der Waals surface area contributed by atoms with Crippen molar-refractivity contribution >= 4 is 17.3 Å². The first-order chi connectivity index (χ1) is 16.0. The van der Waals surface area contributed by atoms with Crippen molar-refractivity contribution < 1.29 is 23.0 Å². The fourth-order valence-electron chi connectivity index (χ4n) is 3.49. The smallest absolute Gasteiger partial charge is 0.251 e. The fraction of sp³-hybridized carbons (Fsp3) is 0.227. The van der Waals surface area contributed by atoms with Gasteiger partial charge in [0.15, 0.2) is 5.84 Å². The van der Waals surface area contributed by atoms with Gasteiger partial charge in [0.05, 0.1) is 18.8 Å². The Morgan fingerprint density at radius 2 is 2.09 bits per heavy atom. The van der Waals surface area contributed by atoms with Gasteiger partial charge in [0, 0.05) is 36.8 Å². The number of amidine groups is 1. The summed E-state index contributed by atoms with van der Waals surface area (Å²) in [4.78, 5) is 13.8. The van der Waals surface area contributed by atoms with Crippen LogP contribution in [0.4, 0.5) is 8.78 Å². The molecule has 33 heavy (non-hydrogen) atoms. The highest BCUT2D eigenvalue weighted by Gasteiger charge is 2.29. The minimum atomic E-state index is -0.720. The molecule has 0 spiro atoms. The summed E-state index contributed by atoms with van der Waals surface area (Å²) < 4.78 is 38.7. The SMILES string of the molecule is COCCOCC(=O)NC(=N)C1=CNC2C=CC(c3c[nH]nc3-c3c(F)cccc3F)=CN12. The number of aromatic nitrogens is 2. The maximum Gasteiger partial charge on any atom is 0.251 e. The summed E-state index contributed by atoms with van der Waals surface area (Å²) in [6.07, 6.45) is 8.23. The van der Waals surface area contributed by atoms with Crippen molar-refractivity contribution in [2.45, 2.75) is 6.17 Å². The molecule has 4 N–H and O–H groups in total. The lowest BCUT2D eigenvalue weighted by molar-refractivity contribution is -0.124. The second kappa shape index (κ2) is 9.76. The second-order valence-electron chi connectivity index (χ2n) is 7.20. The first-order valence-corrected chi connectivity index (χ1v) is 10.1. The van der Waals surface area contributed by atoms with Crippen molar-refractivity contribution in [3.63, 3.8) is 0 Å². The number of carbonyl (C=O) groups is 1. The number of hydrogen-bond donors (Lipinski definition) is 4. The van der Waals surface area contributed by atoms with E-state index in [4.69, 9.17) is 14.9 Å². The number of nitrogens with one attached hydrogen (secondary N) is 4. The van der Waals surface area contributed by atoms with E-state index in [2.05, 4.69) is 20.8 Å². The van der Waals surface area contributed by atoms with Crippen LogP contribution in [0.5, 0.6) is 0 Å². The molecule has 1 unspecified atom stereocenters. The molecule has 1 aromatic heterocycles. The lowest BCUT2D eigenvalue weighted by Gasteiger charge is -2.27. The van der Waals surface area contributed by atoms with Gasteiger partial charge in [0.1, 0.15) is 35.8 Å². The molecule has 2 aliphatic rings. The van der Waals surface area contributed by atoms with Crippen LogP contribution in [-0.2, 0) is 14.3 Å². The van der Waals surface area contributed by atoms with E-state index in [9.17, 15) is 13.6 Å². The Morgan fingerprint density at radius 1 is 1.30 bits per heavy atom. The first kappa shape index (κ1) is 22.4. The van der Waals surface area contributed by atoms with E-state index >= 15 is 0 Å². The summed E-state index contributed by atoms with van der Waals surface area (Å²) in [6, 6.07) is 3.64. The van der Waals surface area contributed by atoms with Gasteiger partial charge in [0.25, 0.3) is 5.91 Å². The van der Waals surface area contributed by atoms with Gasteiger partial charge < -0.3 is 25.0 Å². The number of allylic oxidation sites excluding steroid dienone is 2. The number of hydrogen-bond acceptors (Lipinski definition) is 7. The molecule has 0 saturated carbocycles. The van der Waals surface area contributed by atoms with Crippen LogP contribution in [0.3, 0.4) is 0 Å². The average Bonchev–Trinajstić information content (AvgIpc) is 3.43. The highest BCUT2D eigenvalue weighted by Crippen LogP contribution is 2.34. The molecule has 172 valence electrons. The summed E-state index contributed by atoms with van der Waals surface area (Å²) in [5.41, 5.74) is 1.42. The molecule has 0 bridgehead atoms. The molecule has 2 aromatic rings. The van der Waals surface area contributed by atoms with Crippen LogP contribution in [0.25, 0.3) is 16.8 Å². The van der Waals surface area contributed by atoms with Crippen molar-refractivity contribution in [2.24, 2.45) is 0 Å². The first-order valence-electron chi connectivity index (χ1n) is 10.1. The Hall–Kier alpha value is -3.83. The average molecular weight is 456 g/mol. The standard InChI is InChI=1S/C22H22F2N6O3/c1-32-7-8-33-12-19(31)28-22(25)17-10-26-18-6-5-13(11-30(17)18)14-9-27-29-21(14)20-15(23)3-2-4-16(20)24/h2-6,9-11,18,26H,7-8,12H2,1H3,(H,27,29)(H2,25,28,31). The predicted octanol–water partition coefficient (Wildman–Crippen LogP) is 2.09. The highest BCUT2D eigenvalue weighted by molar-refractivity contribution is 6.06. The van der Waals surface area contributed by atoms with Gasteiger partial charge in [-0.25, -0.2) is 8.78 Å². The van der Waals surface area contributed by atoms with E-state index in [1.807, 2.05) is 6.08 Å². The number of carbonyl (C=O) groups excluding carboxylic acids is 1. The van der Waals surface area contributed by atoms with E-state index in [1.54, 1.807) is 29.6 Å². The normalized spacial score (nSPS) is 16.7. The third-order valence-corrected chi connectivity index (χ3v) is 5.04.